The fourth-order valence-corrected chi connectivity index (χ4v) is 4.90. The summed E-state index contributed by atoms with van der Waals surface area (Å²) in [5.74, 6) is -0.571. The van der Waals surface area contributed by atoms with Crippen molar-refractivity contribution in [3.05, 3.63) is 68.7 Å². The molecule has 0 heterocycles. The van der Waals surface area contributed by atoms with E-state index in [9.17, 15) is 23.3 Å². The predicted octanol–water partition coefficient (Wildman–Crippen LogP) is 3.44. The molecule has 1 aliphatic carbocycles. The fraction of sp³-hybridized carbons (Fsp3) is 0.350. The van der Waals surface area contributed by atoms with Crippen molar-refractivity contribution in [3.8, 4) is 0 Å². The molecule has 8 nitrogen and oxygen atoms in total. The van der Waals surface area contributed by atoms with Crippen LogP contribution in [0.5, 0.6) is 0 Å². The molecule has 0 atom stereocenters. The molecule has 1 aliphatic rings. The van der Waals surface area contributed by atoms with Crippen LogP contribution in [0, 0.1) is 10.1 Å². The van der Waals surface area contributed by atoms with E-state index in [1.807, 2.05) is 0 Å². The van der Waals surface area contributed by atoms with Crippen LogP contribution in [0.4, 0.5) is 5.69 Å². The van der Waals surface area contributed by atoms with Crippen molar-refractivity contribution in [2.24, 2.45) is 0 Å². The fourth-order valence-electron chi connectivity index (χ4n) is 3.43. The molecule has 3 rings (SSSR count). The number of nitrogens with one attached hydrogen (secondary N) is 2. The zero-order valence-electron chi connectivity index (χ0n) is 16.1. The van der Waals surface area contributed by atoms with Gasteiger partial charge in [0.15, 0.2) is 0 Å². The smallest absolute Gasteiger partial charge is 0.283 e. The Hall–Kier alpha value is -2.49. The van der Waals surface area contributed by atoms with Gasteiger partial charge in [-0.1, -0.05) is 36.6 Å². The van der Waals surface area contributed by atoms with E-state index in [1.165, 1.54) is 12.1 Å². The van der Waals surface area contributed by atoms with Gasteiger partial charge < -0.3 is 5.32 Å². The lowest BCUT2D eigenvalue weighted by molar-refractivity contribution is -0.385. The zero-order valence-corrected chi connectivity index (χ0v) is 17.7. The monoisotopic (exact) mass is 451 g/mol. The van der Waals surface area contributed by atoms with Crippen LogP contribution in [0.15, 0.2) is 47.4 Å². The van der Waals surface area contributed by atoms with Gasteiger partial charge in [0.2, 0.25) is 10.0 Å². The summed E-state index contributed by atoms with van der Waals surface area (Å²) < 4.78 is 27.6. The Balaban J connectivity index is 1.57. The van der Waals surface area contributed by atoms with Crippen LogP contribution in [0.25, 0.3) is 0 Å². The van der Waals surface area contributed by atoms with Crippen molar-refractivity contribution in [2.45, 2.75) is 43.0 Å². The number of amides is 1. The lowest BCUT2D eigenvalue weighted by atomic mass is 10.1. The minimum atomic E-state index is -3.54. The summed E-state index contributed by atoms with van der Waals surface area (Å²) >= 11 is 5.76. The number of nitro groups is 1. The molecule has 0 bridgehead atoms. The van der Waals surface area contributed by atoms with Gasteiger partial charge in [0.1, 0.15) is 5.56 Å². The van der Waals surface area contributed by atoms with Crippen molar-refractivity contribution in [1.29, 1.82) is 0 Å². The Morgan fingerprint density at radius 3 is 2.43 bits per heavy atom. The molecule has 0 aliphatic heterocycles. The van der Waals surface area contributed by atoms with E-state index in [0.29, 0.717) is 6.42 Å². The highest BCUT2D eigenvalue weighted by Gasteiger charge is 2.23. The maximum atomic E-state index is 12.4. The molecule has 0 saturated heterocycles. The molecule has 2 aromatic carbocycles. The largest absolute Gasteiger partial charge is 0.351 e. The molecule has 0 aromatic heterocycles. The molecule has 10 heteroatoms. The van der Waals surface area contributed by atoms with Crippen LogP contribution >= 0.6 is 11.6 Å². The van der Waals surface area contributed by atoms with Crippen LogP contribution in [-0.2, 0) is 16.4 Å². The third-order valence-corrected chi connectivity index (χ3v) is 6.78. The van der Waals surface area contributed by atoms with Gasteiger partial charge in [0.05, 0.1) is 9.82 Å². The van der Waals surface area contributed by atoms with E-state index < -0.39 is 20.9 Å². The SMILES string of the molecule is O=C(NCCc1ccc(S(=O)(=O)NC2CCCC2)cc1)c1ccc(Cl)cc1[N+](=O)[O-]. The Morgan fingerprint density at radius 2 is 1.80 bits per heavy atom. The molecule has 0 radical (unpaired) electrons. The molecule has 1 amide bonds. The van der Waals surface area contributed by atoms with E-state index in [0.717, 1.165) is 37.3 Å². The first-order chi connectivity index (χ1) is 14.3. The maximum Gasteiger partial charge on any atom is 0.283 e. The van der Waals surface area contributed by atoms with Gasteiger partial charge in [-0.05, 0) is 49.1 Å². The summed E-state index contributed by atoms with van der Waals surface area (Å²) in [6, 6.07) is 10.3. The van der Waals surface area contributed by atoms with Crippen LogP contribution in [0.2, 0.25) is 5.02 Å². The lowest BCUT2D eigenvalue weighted by Gasteiger charge is -2.13. The molecule has 2 N–H and O–H groups in total. The summed E-state index contributed by atoms with van der Waals surface area (Å²) in [6.07, 6.45) is 4.25. The molecule has 0 spiro atoms. The first kappa shape index (κ1) is 22.2. The first-order valence-electron chi connectivity index (χ1n) is 9.60. The number of benzene rings is 2. The highest BCUT2D eigenvalue weighted by atomic mass is 35.5. The lowest BCUT2D eigenvalue weighted by Crippen LogP contribution is -2.32. The van der Waals surface area contributed by atoms with E-state index in [2.05, 4.69) is 10.0 Å². The van der Waals surface area contributed by atoms with Crippen molar-refractivity contribution < 1.29 is 18.1 Å². The average Bonchev–Trinajstić information content (AvgIpc) is 3.20. The summed E-state index contributed by atoms with van der Waals surface area (Å²) in [7, 11) is -3.54. The van der Waals surface area contributed by atoms with E-state index in [-0.39, 0.29) is 33.8 Å². The number of hydrogen-bond acceptors (Lipinski definition) is 5. The van der Waals surface area contributed by atoms with E-state index >= 15 is 0 Å². The average molecular weight is 452 g/mol. The molecule has 30 heavy (non-hydrogen) atoms. The summed E-state index contributed by atoms with van der Waals surface area (Å²) in [6.45, 7) is 0.241. The highest BCUT2D eigenvalue weighted by Crippen LogP contribution is 2.23. The van der Waals surface area contributed by atoms with Gasteiger partial charge in [-0.25, -0.2) is 13.1 Å². The molecule has 1 saturated carbocycles. The van der Waals surface area contributed by atoms with Crippen LogP contribution in [-0.4, -0.2) is 31.8 Å². The Morgan fingerprint density at radius 1 is 1.13 bits per heavy atom. The van der Waals surface area contributed by atoms with Crippen molar-refractivity contribution in [3.63, 3.8) is 0 Å². The molecule has 2 aromatic rings. The quantitative estimate of drug-likeness (QED) is 0.470. The van der Waals surface area contributed by atoms with E-state index in [4.69, 9.17) is 11.6 Å². The number of carbonyl (C=O) groups excluding carboxylic acids is 1. The minimum Gasteiger partial charge on any atom is -0.351 e. The number of nitro benzene ring substituents is 1. The van der Waals surface area contributed by atoms with Crippen molar-refractivity contribution in [1.82, 2.24) is 10.0 Å². The van der Waals surface area contributed by atoms with Crippen molar-refractivity contribution in [2.75, 3.05) is 6.54 Å². The Bertz CT molecular complexity index is 1030. The van der Waals surface area contributed by atoms with Gasteiger partial charge in [0.25, 0.3) is 11.6 Å². The molecule has 1 fully saturated rings. The number of carbonyl (C=O) groups is 1. The number of hydrogen-bond donors (Lipinski definition) is 2. The number of nitrogens with zero attached hydrogens (tertiary/aromatic N) is 1. The predicted molar refractivity (Wildman–Crippen MR) is 113 cm³/mol. The topological polar surface area (TPSA) is 118 Å². The van der Waals surface area contributed by atoms with Gasteiger partial charge in [-0.15, -0.1) is 0 Å². The van der Waals surface area contributed by atoms with Gasteiger partial charge in [0, 0.05) is 23.7 Å². The molecular formula is C20H22ClN3O5S. The van der Waals surface area contributed by atoms with Crippen LogP contribution in [0.1, 0.15) is 41.6 Å². The third-order valence-electron chi connectivity index (χ3n) is 5.01. The van der Waals surface area contributed by atoms with Crippen LogP contribution in [0.3, 0.4) is 0 Å². The van der Waals surface area contributed by atoms with Crippen molar-refractivity contribution >= 4 is 33.2 Å². The second kappa shape index (κ2) is 9.55. The molecule has 160 valence electrons. The summed E-state index contributed by atoms with van der Waals surface area (Å²) in [4.78, 5) is 22.9. The van der Waals surface area contributed by atoms with Crippen LogP contribution < -0.4 is 10.0 Å². The highest BCUT2D eigenvalue weighted by molar-refractivity contribution is 7.89. The molecular weight excluding hydrogens is 430 g/mol. The second-order valence-electron chi connectivity index (χ2n) is 7.17. The third kappa shape index (κ3) is 5.56. The normalized spacial score (nSPS) is 14.6. The first-order valence-corrected chi connectivity index (χ1v) is 11.5. The number of rotatable bonds is 8. The minimum absolute atomic E-state index is 0.00168. The number of sulfonamides is 1. The van der Waals surface area contributed by atoms with Gasteiger partial charge in [-0.2, -0.15) is 0 Å². The number of halogens is 1. The second-order valence-corrected chi connectivity index (χ2v) is 9.32. The van der Waals surface area contributed by atoms with Gasteiger partial charge in [-0.3, -0.25) is 14.9 Å². The van der Waals surface area contributed by atoms with Gasteiger partial charge >= 0.3 is 0 Å². The Labute approximate surface area is 179 Å². The standard InChI is InChI=1S/C20H22ClN3O5S/c21-15-7-10-18(19(13-15)24(26)27)20(25)22-12-11-14-5-8-17(9-6-14)30(28,29)23-16-3-1-2-4-16/h5-10,13,16,23H,1-4,11-12H2,(H,22,25). The maximum absolute atomic E-state index is 12.4. The summed E-state index contributed by atoms with van der Waals surface area (Å²) in [5, 5.41) is 13.9. The summed E-state index contributed by atoms with van der Waals surface area (Å²) in [5.41, 5.74) is 0.411. The van der Waals surface area contributed by atoms with E-state index in [1.54, 1.807) is 24.3 Å². The molecule has 0 unspecified atom stereocenters. The zero-order chi connectivity index (χ0) is 21.7. The Kier molecular flexibility index (Phi) is 7.06.